The number of aromatic carboxylic acids is 1. The van der Waals surface area contributed by atoms with Crippen molar-refractivity contribution < 1.29 is 77.3 Å². The Balaban J connectivity index is 0.940. The number of nitrogens with two attached hydrogens (primary N) is 2. The number of hydrogen-bond donors (Lipinski definition) is 7. The number of aliphatic hydroxyl groups is 2. The van der Waals surface area contributed by atoms with Gasteiger partial charge in [-0.1, -0.05) is 25.2 Å². The van der Waals surface area contributed by atoms with E-state index in [1.54, 1.807) is 22.5 Å². The summed E-state index contributed by atoms with van der Waals surface area (Å²) in [6.07, 6.45) is 5.83. The summed E-state index contributed by atoms with van der Waals surface area (Å²) in [6, 6.07) is -1.61. The van der Waals surface area contributed by atoms with Crippen LogP contribution in [0.3, 0.4) is 0 Å². The summed E-state index contributed by atoms with van der Waals surface area (Å²) in [5, 5.41) is 47.0. The van der Waals surface area contributed by atoms with Crippen molar-refractivity contribution in [2.75, 3.05) is 59.0 Å². The van der Waals surface area contributed by atoms with Gasteiger partial charge in [-0.25, -0.2) is 9.18 Å². The van der Waals surface area contributed by atoms with Crippen LogP contribution in [-0.4, -0.2) is 178 Å². The van der Waals surface area contributed by atoms with E-state index in [0.717, 1.165) is 38.2 Å². The van der Waals surface area contributed by atoms with Crippen molar-refractivity contribution in [1.29, 1.82) is 0 Å². The van der Waals surface area contributed by atoms with E-state index < -0.39 is 123 Å². The zero-order chi connectivity index (χ0) is 61.5. The first kappa shape index (κ1) is 61.0. The molecular formula is C61H76FN7O16. The molecule has 85 heavy (non-hydrogen) atoms. The lowest BCUT2D eigenvalue weighted by atomic mass is 9.82. The van der Waals surface area contributed by atoms with E-state index >= 15 is 14.0 Å². The number of nitrogens with one attached hydrogen (secondary N) is 1. The number of rotatable bonds is 10. The summed E-state index contributed by atoms with van der Waals surface area (Å²) >= 11 is 0. The monoisotopic (exact) mass is 1180 g/mol. The molecule has 9 atom stereocenters. The highest BCUT2D eigenvalue weighted by Crippen LogP contribution is 2.54. The maximum atomic E-state index is 16.5. The summed E-state index contributed by atoms with van der Waals surface area (Å²) < 4.78 is 47.8. The molecule has 1 aromatic heterocycles. The Labute approximate surface area is 490 Å². The number of allylic oxidation sites excluding steroid dienone is 4. The number of aliphatic hydroxyl groups excluding tert-OH is 2. The average molecular weight is 1180 g/mol. The SMILES string of the molecule is COc1c(N2CCC(C3(N(C)C4CCN(C5=C6NC(=O)/C(C)=C\C=C\[C@H](C)[C@H](O)[C@@H](N)[C@@H](O)[C@@H](N)[C@H](OC(C)=O)CC(OC)CCO[C@@]7(C)Oc8c(C)c(O)c(c(c8C7=O)C5=O)C6=O)CC4)CC3)C2)c(F)cc2c(=O)c(C(=O)O)cn(C3CC3)c12. The highest BCUT2D eigenvalue weighted by atomic mass is 19.1. The summed E-state index contributed by atoms with van der Waals surface area (Å²) in [4.78, 5) is 104. The van der Waals surface area contributed by atoms with Gasteiger partial charge in [0.2, 0.25) is 22.8 Å². The fourth-order valence-corrected chi connectivity index (χ4v) is 13.5. The Hall–Kier alpha value is -7.06. The molecule has 5 aliphatic heterocycles. The number of halogens is 1. The Morgan fingerprint density at radius 1 is 0.918 bits per heavy atom. The Morgan fingerprint density at radius 2 is 1.60 bits per heavy atom. The molecular weight excluding hydrogens is 1110 g/mol. The van der Waals surface area contributed by atoms with Gasteiger partial charge in [-0.3, -0.25) is 33.7 Å². The van der Waals surface area contributed by atoms with Gasteiger partial charge in [0.15, 0.2) is 11.6 Å². The predicted molar refractivity (Wildman–Crippen MR) is 306 cm³/mol. The lowest BCUT2D eigenvalue weighted by Crippen LogP contribution is -2.59. The van der Waals surface area contributed by atoms with Gasteiger partial charge in [0, 0.05) is 94.4 Å². The molecule has 24 heteroatoms. The first-order chi connectivity index (χ1) is 40.3. The number of pyridine rings is 1. The molecule has 2 aromatic carbocycles. The number of esters is 1. The fraction of sp³-hybridized carbons (Fsp3) is 0.557. The van der Waals surface area contributed by atoms with E-state index in [9.17, 15) is 44.4 Å². The summed E-state index contributed by atoms with van der Waals surface area (Å²) in [5.41, 5.74) is 10.2. The number of aromatic nitrogens is 1. The lowest BCUT2D eigenvalue weighted by Gasteiger charge is -2.44. The number of benzene rings is 2. The number of carboxylic acids is 1. The summed E-state index contributed by atoms with van der Waals surface area (Å²) in [5.74, 6) is -9.49. The second-order valence-electron chi connectivity index (χ2n) is 24.1. The molecule has 0 spiro atoms. The number of nitrogens with zero attached hydrogens (tertiary/aromatic N) is 4. The molecule has 11 rings (SSSR count). The van der Waals surface area contributed by atoms with Gasteiger partial charge >= 0.3 is 11.9 Å². The molecule has 3 aromatic rings. The minimum Gasteiger partial charge on any atom is -0.507 e. The molecule has 3 aliphatic carbocycles. The largest absolute Gasteiger partial charge is 0.507 e. The van der Waals surface area contributed by atoms with E-state index in [0.29, 0.717) is 31.4 Å². The molecule has 23 nitrogen and oxygen atoms in total. The number of phenols is 1. The van der Waals surface area contributed by atoms with Crippen LogP contribution in [0.25, 0.3) is 10.9 Å². The normalized spacial score (nSPS) is 29.7. The topological polar surface area (TPSA) is 325 Å². The van der Waals surface area contributed by atoms with Crippen molar-refractivity contribution in [3.05, 3.63) is 91.3 Å². The quantitative estimate of drug-likeness (QED) is 0.141. The van der Waals surface area contributed by atoms with E-state index in [2.05, 4.69) is 17.3 Å². The van der Waals surface area contributed by atoms with Gasteiger partial charge < -0.3 is 75.3 Å². The van der Waals surface area contributed by atoms with Gasteiger partial charge in [-0.15, -0.1) is 0 Å². The minimum atomic E-state index is -2.10. The van der Waals surface area contributed by atoms with Crippen molar-refractivity contribution in [1.82, 2.24) is 19.7 Å². The molecule has 458 valence electrons. The summed E-state index contributed by atoms with van der Waals surface area (Å²) in [6.45, 7) is 8.22. The molecule has 2 saturated heterocycles. The number of carboxylic acid groups (broad SMARTS) is 1. The number of Topliss-reactive ketones (excluding diaryl/α,β-unsaturated/α-hetero) is 3. The number of ether oxygens (including phenoxy) is 5. The van der Waals surface area contributed by atoms with Crippen LogP contribution in [0.2, 0.25) is 0 Å². The highest BCUT2D eigenvalue weighted by Gasteiger charge is 2.57. The third-order valence-corrected chi connectivity index (χ3v) is 18.8. The Kier molecular flexibility index (Phi) is 16.7. The molecule has 1 amide bonds. The third kappa shape index (κ3) is 10.8. The average Bonchev–Trinajstić information content (AvgIpc) is 1.72. The number of likely N-dealkylation sites (tertiary alicyclic amines) is 1. The highest BCUT2D eigenvalue weighted by molar-refractivity contribution is 6.32. The van der Waals surface area contributed by atoms with Gasteiger partial charge in [-0.05, 0) is 84.2 Å². The van der Waals surface area contributed by atoms with Gasteiger partial charge in [-0.2, -0.15) is 0 Å². The number of aromatic hydroxyl groups is 1. The maximum Gasteiger partial charge on any atom is 0.341 e. The van der Waals surface area contributed by atoms with E-state index in [1.807, 2.05) is 4.90 Å². The lowest BCUT2D eigenvalue weighted by molar-refractivity contribution is -0.153. The molecule has 9 N–H and O–H groups in total. The fourth-order valence-electron chi connectivity index (χ4n) is 13.5. The van der Waals surface area contributed by atoms with Crippen LogP contribution in [0.15, 0.2) is 52.3 Å². The zero-order valence-electron chi connectivity index (χ0n) is 49.1. The van der Waals surface area contributed by atoms with Gasteiger partial charge in [0.1, 0.15) is 40.2 Å². The Bertz CT molecular complexity index is 3430. The smallest absolute Gasteiger partial charge is 0.341 e. The number of hydrogen-bond acceptors (Lipinski definition) is 20. The number of carbonyl (C=O) groups is 6. The van der Waals surface area contributed by atoms with Crippen LogP contribution in [0.4, 0.5) is 10.1 Å². The van der Waals surface area contributed by atoms with Crippen LogP contribution in [-0.2, 0) is 23.8 Å². The molecule has 2 saturated carbocycles. The van der Waals surface area contributed by atoms with Crippen molar-refractivity contribution in [3.8, 4) is 17.2 Å². The number of ketones is 3. The van der Waals surface area contributed by atoms with Gasteiger partial charge in [0.25, 0.3) is 11.7 Å². The maximum absolute atomic E-state index is 16.5. The zero-order valence-corrected chi connectivity index (χ0v) is 49.1. The molecule has 5 bridgehead atoms. The standard InChI is InChI=1S/C61H76FN7O16/c1-28-10-9-11-29(2)58(78)65-45-48(53(75)40-41(52(45)74)50(72)30(3)55-42(40)57(77)60(5,85-55)83-23-17-35(81-7)24-39(84-31(4)70)43(63)54(76)44(64)49(28)71)67-21-15-33(16-22-67)66(6)61(18-19-61)32-14-20-68(26-32)47-38(62)25-36-46(56(47)82-8)69(34-12-13-34)27-37(51(36)73)59(79)80/h9-11,25,27-28,32-35,39,43-44,49,54,71-72,76H,12-24,26,63-64H2,1-8H3,(H,65,78)(H,79,80)/b10-9+,29-11-/t28-,32?,35?,39+,43-,44+,49-,54-,60-/m0/s1. The molecule has 0 radical (unpaired) electrons. The first-order valence-electron chi connectivity index (χ1n) is 29.0. The van der Waals surface area contributed by atoms with Crippen molar-refractivity contribution in [3.63, 3.8) is 0 Å². The molecule has 4 fully saturated rings. The number of piperidine rings is 1. The van der Waals surface area contributed by atoms with Crippen molar-refractivity contribution in [2.45, 2.75) is 152 Å². The first-order valence-corrected chi connectivity index (χ1v) is 29.0. The van der Waals surface area contributed by atoms with Crippen LogP contribution in [0.1, 0.15) is 139 Å². The molecule has 8 aliphatic rings. The number of carbonyl (C=O) groups excluding carboxylic acids is 5. The van der Waals surface area contributed by atoms with E-state index in [1.165, 1.54) is 60.3 Å². The number of fused-ring (bicyclic) bond motifs is 16. The van der Waals surface area contributed by atoms with Crippen LogP contribution >= 0.6 is 0 Å². The second kappa shape index (κ2) is 23.3. The molecule has 2 unspecified atom stereocenters. The molecule has 6 heterocycles. The van der Waals surface area contributed by atoms with E-state index in [-0.39, 0.29) is 101 Å². The predicted octanol–water partition coefficient (Wildman–Crippen LogP) is 3.92. The third-order valence-electron chi connectivity index (χ3n) is 18.8. The number of anilines is 1. The minimum absolute atomic E-state index is 0.0297. The van der Waals surface area contributed by atoms with Crippen LogP contribution in [0, 0.1) is 24.6 Å². The second-order valence-corrected chi connectivity index (χ2v) is 24.1. The van der Waals surface area contributed by atoms with E-state index in [4.69, 9.17) is 35.2 Å². The van der Waals surface area contributed by atoms with Gasteiger partial charge in [0.05, 0.1) is 71.7 Å². The Morgan fingerprint density at radius 3 is 2.22 bits per heavy atom. The van der Waals surface area contributed by atoms with Crippen molar-refractivity contribution in [2.24, 2.45) is 23.3 Å². The van der Waals surface area contributed by atoms with Crippen molar-refractivity contribution >= 4 is 51.8 Å². The number of methoxy groups -OCH3 is 2. The number of amides is 1. The summed E-state index contributed by atoms with van der Waals surface area (Å²) in [7, 11) is 4.89. The van der Waals surface area contributed by atoms with Crippen LogP contribution < -0.4 is 36.6 Å². The van der Waals surface area contributed by atoms with Crippen LogP contribution in [0.5, 0.6) is 17.2 Å². The number of phenolic OH excluding ortho intramolecular Hbond substituents is 1.